The maximum absolute atomic E-state index is 12.6. The van der Waals surface area contributed by atoms with E-state index in [1.807, 2.05) is 0 Å². The lowest BCUT2D eigenvalue weighted by Crippen LogP contribution is -2.09. The molecule has 9 heteroatoms. The van der Waals surface area contributed by atoms with Gasteiger partial charge in [0.05, 0.1) is 9.77 Å². The Labute approximate surface area is 121 Å². The Morgan fingerprint density at radius 3 is 2.40 bits per heavy atom. The van der Waals surface area contributed by atoms with Crippen molar-refractivity contribution in [2.24, 2.45) is 5.14 Å². The van der Waals surface area contributed by atoms with Gasteiger partial charge in [-0.2, -0.15) is 13.2 Å². The van der Waals surface area contributed by atoms with E-state index in [2.05, 4.69) is 0 Å². The molecule has 3 nitrogen and oxygen atoms in total. The monoisotopic (exact) mass is 339 g/mol. The van der Waals surface area contributed by atoms with E-state index in [4.69, 9.17) is 5.14 Å². The van der Waals surface area contributed by atoms with Gasteiger partial charge in [0, 0.05) is 4.90 Å². The van der Waals surface area contributed by atoms with Gasteiger partial charge < -0.3 is 0 Å². The van der Waals surface area contributed by atoms with Crippen molar-refractivity contribution in [3.05, 3.63) is 42.0 Å². The number of thiophene rings is 1. The Balaban J connectivity index is 2.25. The second-order valence-electron chi connectivity index (χ2n) is 3.75. The summed E-state index contributed by atoms with van der Waals surface area (Å²) >= 11 is 1.97. The molecule has 20 heavy (non-hydrogen) atoms. The lowest BCUT2D eigenvalue weighted by Gasteiger charge is -2.07. The second kappa shape index (κ2) is 5.40. The number of halogens is 3. The molecule has 1 heterocycles. The van der Waals surface area contributed by atoms with E-state index in [9.17, 15) is 21.6 Å². The van der Waals surface area contributed by atoms with E-state index in [0.29, 0.717) is 9.10 Å². The zero-order valence-electron chi connectivity index (χ0n) is 9.72. The maximum Gasteiger partial charge on any atom is 0.416 e. The van der Waals surface area contributed by atoms with Crippen molar-refractivity contribution in [3.8, 4) is 0 Å². The molecule has 2 rings (SSSR count). The van der Waals surface area contributed by atoms with Gasteiger partial charge in [0.2, 0.25) is 10.0 Å². The van der Waals surface area contributed by atoms with Crippen LogP contribution in [0.15, 0.2) is 49.7 Å². The molecule has 0 radical (unpaired) electrons. The molecule has 2 aromatic rings. The Morgan fingerprint density at radius 1 is 1.15 bits per heavy atom. The molecule has 0 spiro atoms. The van der Waals surface area contributed by atoms with E-state index in [1.54, 1.807) is 0 Å². The molecule has 0 aliphatic heterocycles. The fourth-order valence-electron chi connectivity index (χ4n) is 1.36. The van der Waals surface area contributed by atoms with Crippen LogP contribution in [-0.4, -0.2) is 8.42 Å². The lowest BCUT2D eigenvalue weighted by atomic mass is 10.2. The van der Waals surface area contributed by atoms with Crippen LogP contribution in [0.1, 0.15) is 5.56 Å². The van der Waals surface area contributed by atoms with Crippen LogP contribution in [0, 0.1) is 0 Å². The van der Waals surface area contributed by atoms with Crippen LogP contribution in [0.3, 0.4) is 0 Å². The second-order valence-corrected chi connectivity index (χ2v) is 7.99. The van der Waals surface area contributed by atoms with Crippen molar-refractivity contribution in [1.82, 2.24) is 0 Å². The molecule has 0 saturated carbocycles. The smallest absolute Gasteiger partial charge is 0.224 e. The van der Waals surface area contributed by atoms with Crippen LogP contribution in [0.5, 0.6) is 0 Å². The van der Waals surface area contributed by atoms with E-state index in [1.165, 1.54) is 24.3 Å². The van der Waals surface area contributed by atoms with Crippen molar-refractivity contribution < 1.29 is 21.6 Å². The van der Waals surface area contributed by atoms with Crippen LogP contribution >= 0.6 is 23.1 Å². The van der Waals surface area contributed by atoms with Crippen molar-refractivity contribution in [1.29, 1.82) is 0 Å². The average molecular weight is 339 g/mol. The molecule has 0 bridgehead atoms. The first kappa shape index (κ1) is 15.4. The van der Waals surface area contributed by atoms with E-state index in [-0.39, 0.29) is 4.21 Å². The predicted octanol–water partition coefficient (Wildman–Crippen LogP) is 3.57. The molecule has 0 atom stereocenters. The highest BCUT2D eigenvalue weighted by Crippen LogP contribution is 2.37. The van der Waals surface area contributed by atoms with Crippen molar-refractivity contribution >= 4 is 33.1 Å². The number of rotatable bonds is 3. The van der Waals surface area contributed by atoms with E-state index >= 15 is 0 Å². The minimum Gasteiger partial charge on any atom is -0.224 e. The average Bonchev–Trinajstić information content (AvgIpc) is 2.76. The zero-order chi connectivity index (χ0) is 15.0. The van der Waals surface area contributed by atoms with Crippen LogP contribution in [0.2, 0.25) is 0 Å². The Hall–Kier alpha value is -1.03. The minimum absolute atomic E-state index is 0.0213. The number of sulfonamides is 1. The number of alkyl halides is 3. The van der Waals surface area contributed by atoms with Crippen LogP contribution in [-0.2, 0) is 16.2 Å². The summed E-state index contributed by atoms with van der Waals surface area (Å²) in [6, 6.07) is 7.66. The Bertz CT molecular complexity index is 723. The standard InChI is InChI=1S/C11H8F3NO2S3/c12-11(13,14)7-2-1-3-8(6-7)18-9-4-5-10(19-9)20(15,16)17/h1-6H,(H2,15,16,17). The molecule has 1 aromatic carbocycles. The molecule has 0 saturated heterocycles. The van der Waals surface area contributed by atoms with Crippen LogP contribution in [0.4, 0.5) is 13.2 Å². The molecule has 108 valence electrons. The Kier molecular flexibility index (Phi) is 4.14. The first-order valence-corrected chi connectivity index (χ1v) is 8.32. The van der Waals surface area contributed by atoms with Gasteiger partial charge >= 0.3 is 6.18 Å². The van der Waals surface area contributed by atoms with Gasteiger partial charge in [0.1, 0.15) is 4.21 Å². The summed E-state index contributed by atoms with van der Waals surface area (Å²) < 4.78 is 60.5. The number of nitrogens with two attached hydrogens (primary N) is 1. The first-order chi connectivity index (χ1) is 9.16. The molecule has 0 aliphatic carbocycles. The normalized spacial score (nSPS) is 12.6. The highest BCUT2D eigenvalue weighted by molar-refractivity contribution is 8.01. The summed E-state index contributed by atoms with van der Waals surface area (Å²) in [5, 5.41) is 4.97. The summed E-state index contributed by atoms with van der Waals surface area (Å²) in [6.45, 7) is 0. The molecule has 0 unspecified atom stereocenters. The van der Waals surface area contributed by atoms with Crippen molar-refractivity contribution in [3.63, 3.8) is 0 Å². The summed E-state index contributed by atoms with van der Waals surface area (Å²) in [5.74, 6) is 0. The zero-order valence-corrected chi connectivity index (χ0v) is 12.2. The highest BCUT2D eigenvalue weighted by Gasteiger charge is 2.30. The number of benzene rings is 1. The topological polar surface area (TPSA) is 60.2 Å². The third-order valence-corrected chi connectivity index (χ3v) is 5.86. The van der Waals surface area contributed by atoms with Gasteiger partial charge in [-0.15, -0.1) is 11.3 Å². The predicted molar refractivity (Wildman–Crippen MR) is 71.3 cm³/mol. The molecule has 2 N–H and O–H groups in total. The third kappa shape index (κ3) is 3.75. The number of primary sulfonamides is 1. The molecule has 0 aliphatic rings. The highest BCUT2D eigenvalue weighted by atomic mass is 32.3. The lowest BCUT2D eigenvalue weighted by molar-refractivity contribution is -0.137. The molecular weight excluding hydrogens is 331 g/mol. The minimum atomic E-state index is -4.40. The third-order valence-electron chi connectivity index (χ3n) is 2.22. The summed E-state index contributed by atoms with van der Waals surface area (Å²) in [5.41, 5.74) is -0.745. The summed E-state index contributed by atoms with van der Waals surface area (Å²) in [6.07, 6.45) is -4.40. The summed E-state index contributed by atoms with van der Waals surface area (Å²) in [7, 11) is -3.78. The van der Waals surface area contributed by atoms with Gasteiger partial charge in [-0.1, -0.05) is 17.8 Å². The van der Waals surface area contributed by atoms with E-state index in [0.717, 1.165) is 35.2 Å². The van der Waals surface area contributed by atoms with Gasteiger partial charge in [-0.3, -0.25) is 0 Å². The molecule has 0 amide bonds. The fraction of sp³-hybridized carbons (Fsp3) is 0.0909. The van der Waals surface area contributed by atoms with E-state index < -0.39 is 21.8 Å². The fourth-order valence-corrected chi connectivity index (χ4v) is 4.41. The Morgan fingerprint density at radius 2 is 1.85 bits per heavy atom. The largest absolute Gasteiger partial charge is 0.416 e. The summed E-state index contributed by atoms with van der Waals surface area (Å²) in [4.78, 5) is 0.377. The van der Waals surface area contributed by atoms with Crippen molar-refractivity contribution in [2.45, 2.75) is 19.5 Å². The van der Waals surface area contributed by atoms with Gasteiger partial charge in [0.15, 0.2) is 0 Å². The molecule has 1 aromatic heterocycles. The quantitative estimate of drug-likeness (QED) is 0.930. The van der Waals surface area contributed by atoms with Crippen molar-refractivity contribution in [2.75, 3.05) is 0 Å². The number of hydrogen-bond donors (Lipinski definition) is 1. The van der Waals surface area contributed by atoms with Gasteiger partial charge in [-0.25, -0.2) is 13.6 Å². The van der Waals surface area contributed by atoms with Gasteiger partial charge in [-0.05, 0) is 30.3 Å². The van der Waals surface area contributed by atoms with Crippen LogP contribution < -0.4 is 5.14 Å². The van der Waals surface area contributed by atoms with Crippen LogP contribution in [0.25, 0.3) is 0 Å². The molecule has 0 fully saturated rings. The number of hydrogen-bond acceptors (Lipinski definition) is 4. The first-order valence-electron chi connectivity index (χ1n) is 5.14. The maximum atomic E-state index is 12.6. The van der Waals surface area contributed by atoms with Gasteiger partial charge in [0.25, 0.3) is 0 Å². The SMILES string of the molecule is NS(=O)(=O)c1ccc(Sc2cccc(C(F)(F)F)c2)s1. The molecular formula is C11H8F3NO2S3.